The number of rotatable bonds is 10. The van der Waals surface area contributed by atoms with Crippen LogP contribution in [0, 0.1) is 0 Å². The summed E-state index contributed by atoms with van der Waals surface area (Å²) < 4.78 is 13.1. The molecule has 4 rings (SSSR count). The molecule has 1 aromatic carbocycles. The molecule has 3 aromatic rings. The first-order valence-electron chi connectivity index (χ1n) is 11.4. The minimum Gasteiger partial charge on any atom is -0.481 e. The molecule has 1 aliphatic rings. The van der Waals surface area contributed by atoms with Gasteiger partial charge in [0.2, 0.25) is 5.82 Å². The van der Waals surface area contributed by atoms with Gasteiger partial charge in [-0.05, 0) is 37.7 Å². The highest BCUT2D eigenvalue weighted by molar-refractivity contribution is 5.66. The van der Waals surface area contributed by atoms with Crippen LogP contribution in [-0.4, -0.2) is 38.1 Å². The molecule has 8 heteroatoms. The molecule has 170 valence electrons. The molecule has 32 heavy (non-hydrogen) atoms. The Bertz CT molecular complexity index is 1020. The highest BCUT2D eigenvalue weighted by Gasteiger charge is 2.24. The van der Waals surface area contributed by atoms with Crippen LogP contribution in [0.25, 0.3) is 22.8 Å². The number of nitrogens with zero attached hydrogens (tertiary/aromatic N) is 4. The van der Waals surface area contributed by atoms with Gasteiger partial charge in [0.25, 0.3) is 5.89 Å². The smallest absolute Gasteiger partial charge is 0.303 e. The molecule has 0 spiro atoms. The number of methoxy groups -OCH3 is 1. The summed E-state index contributed by atoms with van der Waals surface area (Å²) in [5.41, 5.74) is 3.85. The van der Waals surface area contributed by atoms with Gasteiger partial charge >= 0.3 is 5.97 Å². The zero-order chi connectivity index (χ0) is 22.3. The van der Waals surface area contributed by atoms with Gasteiger partial charge in [-0.1, -0.05) is 48.7 Å². The second kappa shape index (κ2) is 10.5. The summed E-state index contributed by atoms with van der Waals surface area (Å²) >= 11 is 0. The van der Waals surface area contributed by atoms with E-state index in [1.165, 1.54) is 24.8 Å². The number of unbranched alkanes of at least 4 members (excludes halogenated alkanes) is 1. The Hall–Kier alpha value is -3.00. The Morgan fingerprint density at radius 3 is 2.69 bits per heavy atom. The van der Waals surface area contributed by atoms with Crippen LogP contribution in [0.1, 0.15) is 68.7 Å². The summed E-state index contributed by atoms with van der Waals surface area (Å²) in [4.78, 5) is 15.2. The SMILES string of the molecule is COCc1c(-c2nc(-c3ccc(CCCCC(=O)O)cc3)no2)cnn1C1CCCCC1. The van der Waals surface area contributed by atoms with Crippen LogP contribution in [0.2, 0.25) is 0 Å². The van der Waals surface area contributed by atoms with E-state index in [2.05, 4.69) is 19.9 Å². The van der Waals surface area contributed by atoms with Crippen LogP contribution in [0.15, 0.2) is 35.0 Å². The van der Waals surface area contributed by atoms with Gasteiger partial charge < -0.3 is 14.4 Å². The molecule has 0 atom stereocenters. The summed E-state index contributed by atoms with van der Waals surface area (Å²) in [5.74, 6) is 0.240. The highest BCUT2D eigenvalue weighted by atomic mass is 16.5. The summed E-state index contributed by atoms with van der Waals surface area (Å²) in [6.07, 6.45) is 10.4. The van der Waals surface area contributed by atoms with E-state index in [0.29, 0.717) is 30.8 Å². The Labute approximate surface area is 187 Å². The quantitative estimate of drug-likeness (QED) is 0.442. The molecule has 8 nitrogen and oxygen atoms in total. The zero-order valence-electron chi connectivity index (χ0n) is 18.5. The zero-order valence-corrected chi connectivity index (χ0v) is 18.5. The number of carboxylic acid groups (broad SMARTS) is 1. The van der Waals surface area contributed by atoms with Gasteiger partial charge in [-0.15, -0.1) is 0 Å². The number of benzene rings is 1. The number of carboxylic acids is 1. The number of carbonyl (C=O) groups is 1. The number of ether oxygens (including phenoxy) is 1. The van der Waals surface area contributed by atoms with Gasteiger partial charge in [-0.25, -0.2) is 0 Å². The maximum atomic E-state index is 10.6. The largest absolute Gasteiger partial charge is 0.481 e. The van der Waals surface area contributed by atoms with Gasteiger partial charge in [0, 0.05) is 19.1 Å². The predicted molar refractivity (Wildman–Crippen MR) is 119 cm³/mol. The second-order valence-electron chi connectivity index (χ2n) is 8.40. The predicted octanol–water partition coefficient (Wildman–Crippen LogP) is 5.05. The lowest BCUT2D eigenvalue weighted by atomic mass is 9.95. The molecule has 2 aromatic heterocycles. The minimum atomic E-state index is -0.744. The van der Waals surface area contributed by atoms with Crippen molar-refractivity contribution in [2.75, 3.05) is 7.11 Å². The van der Waals surface area contributed by atoms with Gasteiger partial charge in [0.15, 0.2) is 0 Å². The molecule has 1 aliphatic carbocycles. The molecule has 0 radical (unpaired) electrons. The van der Waals surface area contributed by atoms with Crippen molar-refractivity contribution in [3.8, 4) is 22.8 Å². The van der Waals surface area contributed by atoms with Crippen LogP contribution < -0.4 is 0 Å². The molecule has 0 saturated heterocycles. The first-order chi connectivity index (χ1) is 15.7. The minimum absolute atomic E-state index is 0.214. The molecule has 0 aliphatic heterocycles. The topological polar surface area (TPSA) is 103 Å². The summed E-state index contributed by atoms with van der Waals surface area (Å²) in [5, 5.41) is 17.6. The van der Waals surface area contributed by atoms with Crippen molar-refractivity contribution in [1.82, 2.24) is 19.9 Å². The molecule has 0 amide bonds. The summed E-state index contributed by atoms with van der Waals surface area (Å²) in [6.45, 7) is 0.445. The lowest BCUT2D eigenvalue weighted by molar-refractivity contribution is -0.137. The molecule has 1 N–H and O–H groups in total. The van der Waals surface area contributed by atoms with Crippen LogP contribution in [0.3, 0.4) is 0 Å². The van der Waals surface area contributed by atoms with Crippen LogP contribution >= 0.6 is 0 Å². The number of hydrogen-bond donors (Lipinski definition) is 1. The third-order valence-corrected chi connectivity index (χ3v) is 6.07. The van der Waals surface area contributed by atoms with Crippen molar-refractivity contribution >= 4 is 5.97 Å². The molecular weight excluding hydrogens is 408 g/mol. The Morgan fingerprint density at radius 1 is 1.19 bits per heavy atom. The van der Waals surface area contributed by atoms with Crippen molar-refractivity contribution < 1.29 is 19.2 Å². The fourth-order valence-electron chi connectivity index (χ4n) is 4.36. The molecule has 1 saturated carbocycles. The van der Waals surface area contributed by atoms with Gasteiger partial charge in [-0.2, -0.15) is 10.1 Å². The number of aliphatic carboxylic acids is 1. The molecule has 1 fully saturated rings. The standard InChI is InChI=1S/C24H30N4O4/c1-31-16-21-20(15-25-28(21)19-8-3-2-4-9-19)24-26-23(27-32-24)18-13-11-17(12-14-18)7-5-6-10-22(29)30/h11-15,19H,2-10,16H2,1H3,(H,29,30). The summed E-state index contributed by atoms with van der Waals surface area (Å²) in [7, 11) is 1.68. The van der Waals surface area contributed by atoms with Gasteiger partial charge in [-0.3, -0.25) is 9.48 Å². The monoisotopic (exact) mass is 438 g/mol. The van der Waals surface area contributed by atoms with E-state index >= 15 is 0 Å². The first-order valence-corrected chi connectivity index (χ1v) is 11.4. The van der Waals surface area contributed by atoms with E-state index in [9.17, 15) is 4.79 Å². The number of aryl methyl sites for hydroxylation is 1. The van der Waals surface area contributed by atoms with E-state index in [1.54, 1.807) is 13.3 Å². The highest BCUT2D eigenvalue weighted by Crippen LogP contribution is 2.33. The summed E-state index contributed by atoms with van der Waals surface area (Å²) in [6, 6.07) is 8.41. The maximum Gasteiger partial charge on any atom is 0.303 e. The Morgan fingerprint density at radius 2 is 1.97 bits per heavy atom. The van der Waals surface area contributed by atoms with E-state index in [-0.39, 0.29) is 6.42 Å². The first kappa shape index (κ1) is 22.2. The van der Waals surface area contributed by atoms with Gasteiger partial charge in [0.1, 0.15) is 0 Å². The fourth-order valence-corrected chi connectivity index (χ4v) is 4.36. The van der Waals surface area contributed by atoms with E-state index < -0.39 is 5.97 Å². The third kappa shape index (κ3) is 5.24. The Balaban J connectivity index is 1.47. The van der Waals surface area contributed by atoms with Crippen molar-refractivity contribution in [2.24, 2.45) is 0 Å². The normalized spacial score (nSPS) is 14.7. The number of hydrogen-bond acceptors (Lipinski definition) is 6. The van der Waals surface area contributed by atoms with Crippen molar-refractivity contribution in [3.05, 3.63) is 41.7 Å². The average molecular weight is 439 g/mol. The third-order valence-electron chi connectivity index (χ3n) is 6.07. The van der Waals surface area contributed by atoms with Crippen LogP contribution in [-0.2, 0) is 22.6 Å². The lowest BCUT2D eigenvalue weighted by Crippen LogP contribution is -2.17. The molecule has 2 heterocycles. The van der Waals surface area contributed by atoms with E-state index in [0.717, 1.165) is 42.5 Å². The van der Waals surface area contributed by atoms with Crippen molar-refractivity contribution in [1.29, 1.82) is 0 Å². The van der Waals surface area contributed by atoms with E-state index in [4.69, 9.17) is 14.4 Å². The molecule has 0 bridgehead atoms. The average Bonchev–Trinajstić information content (AvgIpc) is 3.45. The fraction of sp³-hybridized carbons (Fsp3) is 0.500. The van der Waals surface area contributed by atoms with Crippen molar-refractivity contribution in [2.45, 2.75) is 70.4 Å². The van der Waals surface area contributed by atoms with Gasteiger partial charge in [0.05, 0.1) is 30.1 Å². The van der Waals surface area contributed by atoms with Crippen LogP contribution in [0.4, 0.5) is 0 Å². The van der Waals surface area contributed by atoms with E-state index in [1.807, 2.05) is 24.3 Å². The molecule has 0 unspecified atom stereocenters. The maximum absolute atomic E-state index is 10.6. The Kier molecular flexibility index (Phi) is 7.32. The molecular formula is C24H30N4O4. The van der Waals surface area contributed by atoms with Crippen molar-refractivity contribution in [3.63, 3.8) is 0 Å². The van der Waals surface area contributed by atoms with Crippen LogP contribution in [0.5, 0.6) is 0 Å². The lowest BCUT2D eigenvalue weighted by Gasteiger charge is -2.24. The number of aromatic nitrogens is 4. The second-order valence-corrected chi connectivity index (χ2v) is 8.40.